The van der Waals surface area contributed by atoms with E-state index in [1.54, 1.807) is 24.3 Å². The zero-order valence-electron chi connectivity index (χ0n) is 10.2. The number of benzene rings is 1. The summed E-state index contributed by atoms with van der Waals surface area (Å²) < 4.78 is 31.4. The summed E-state index contributed by atoms with van der Waals surface area (Å²) in [5, 5.41) is 0. The van der Waals surface area contributed by atoms with Gasteiger partial charge in [0.05, 0.1) is 6.54 Å². The Kier molecular flexibility index (Phi) is 3.70. The second kappa shape index (κ2) is 5.27. The summed E-state index contributed by atoms with van der Waals surface area (Å²) in [6.07, 6.45) is 3.85. The number of ether oxygens (including phenoxy) is 1. The number of halogens is 2. The maximum absolute atomic E-state index is 13.2. The molecule has 19 heavy (non-hydrogen) atoms. The van der Waals surface area contributed by atoms with E-state index in [1.807, 2.05) is 6.07 Å². The molecule has 0 saturated carbocycles. The molecule has 0 bridgehead atoms. The standard InChI is InChI=1S/C14H13F2NO2/c1-2-12-8-14(15,16)10-17(12)13(18)19-9-11-6-4-3-5-7-11/h1,3-7,12H,8-10H2/t12-/m1/s1. The van der Waals surface area contributed by atoms with Crippen molar-refractivity contribution in [2.75, 3.05) is 6.54 Å². The van der Waals surface area contributed by atoms with Crippen molar-refractivity contribution in [3.8, 4) is 12.3 Å². The van der Waals surface area contributed by atoms with Gasteiger partial charge in [-0.1, -0.05) is 36.3 Å². The molecule has 5 heteroatoms. The quantitative estimate of drug-likeness (QED) is 0.769. The molecule has 0 aliphatic carbocycles. The molecule has 1 aromatic rings. The lowest BCUT2D eigenvalue weighted by molar-refractivity contribution is 0.0102. The normalized spacial score (nSPS) is 20.9. The van der Waals surface area contributed by atoms with Crippen LogP contribution < -0.4 is 0 Å². The maximum atomic E-state index is 13.2. The zero-order valence-corrected chi connectivity index (χ0v) is 10.2. The predicted octanol–water partition coefficient (Wildman–Crippen LogP) is 2.67. The van der Waals surface area contributed by atoms with E-state index in [-0.39, 0.29) is 6.61 Å². The molecule has 0 aromatic heterocycles. The first-order valence-corrected chi connectivity index (χ1v) is 5.83. The number of amides is 1. The summed E-state index contributed by atoms with van der Waals surface area (Å²) in [5.41, 5.74) is 0.791. The Morgan fingerprint density at radius 2 is 2.16 bits per heavy atom. The molecule has 3 nitrogen and oxygen atoms in total. The first kappa shape index (κ1) is 13.3. The van der Waals surface area contributed by atoms with Crippen LogP contribution in [-0.2, 0) is 11.3 Å². The highest BCUT2D eigenvalue weighted by Gasteiger charge is 2.47. The first-order chi connectivity index (χ1) is 9.02. The fourth-order valence-electron chi connectivity index (χ4n) is 1.96. The largest absolute Gasteiger partial charge is 0.445 e. The predicted molar refractivity (Wildman–Crippen MR) is 65.5 cm³/mol. The third-order valence-electron chi connectivity index (χ3n) is 2.90. The first-order valence-electron chi connectivity index (χ1n) is 5.83. The number of likely N-dealkylation sites (tertiary alicyclic amines) is 1. The molecule has 2 rings (SSSR count). The molecule has 1 saturated heterocycles. The van der Waals surface area contributed by atoms with Crippen molar-refractivity contribution < 1.29 is 18.3 Å². The Balaban J connectivity index is 1.95. The van der Waals surface area contributed by atoms with Crippen molar-refractivity contribution >= 4 is 6.09 Å². The molecule has 0 unspecified atom stereocenters. The highest BCUT2D eigenvalue weighted by atomic mass is 19.3. The zero-order chi connectivity index (χ0) is 13.9. The molecule has 1 aliphatic heterocycles. The van der Waals surface area contributed by atoms with E-state index in [2.05, 4.69) is 5.92 Å². The van der Waals surface area contributed by atoms with Crippen molar-refractivity contribution in [1.82, 2.24) is 4.90 Å². The number of nitrogens with zero attached hydrogens (tertiary/aromatic N) is 1. The molecule has 1 heterocycles. The molecule has 100 valence electrons. The van der Waals surface area contributed by atoms with Crippen molar-refractivity contribution in [2.24, 2.45) is 0 Å². The molecular formula is C14H13F2NO2. The molecule has 1 aliphatic rings. The Morgan fingerprint density at radius 3 is 2.79 bits per heavy atom. The van der Waals surface area contributed by atoms with Crippen LogP contribution in [-0.4, -0.2) is 29.5 Å². The van der Waals surface area contributed by atoms with Crippen LogP contribution in [0, 0.1) is 12.3 Å². The molecule has 1 atom stereocenters. The third-order valence-corrected chi connectivity index (χ3v) is 2.90. The molecular weight excluding hydrogens is 252 g/mol. The van der Waals surface area contributed by atoms with Crippen LogP contribution >= 0.6 is 0 Å². The van der Waals surface area contributed by atoms with Gasteiger partial charge in [-0.25, -0.2) is 13.6 Å². The van der Waals surface area contributed by atoms with E-state index in [0.29, 0.717) is 0 Å². The summed E-state index contributed by atoms with van der Waals surface area (Å²) in [7, 11) is 0. The van der Waals surface area contributed by atoms with Gasteiger partial charge in [0.15, 0.2) is 0 Å². The Labute approximate surface area is 110 Å². The fourth-order valence-corrected chi connectivity index (χ4v) is 1.96. The minimum absolute atomic E-state index is 0.0407. The minimum atomic E-state index is -2.94. The van der Waals surface area contributed by atoms with Gasteiger partial charge in [-0.05, 0) is 5.56 Å². The Morgan fingerprint density at radius 1 is 1.47 bits per heavy atom. The van der Waals surface area contributed by atoms with Crippen molar-refractivity contribution in [1.29, 1.82) is 0 Å². The van der Waals surface area contributed by atoms with E-state index >= 15 is 0 Å². The summed E-state index contributed by atoms with van der Waals surface area (Å²) >= 11 is 0. The summed E-state index contributed by atoms with van der Waals surface area (Å²) in [6, 6.07) is 8.10. The van der Waals surface area contributed by atoms with Gasteiger partial charge in [0, 0.05) is 6.42 Å². The highest BCUT2D eigenvalue weighted by molar-refractivity contribution is 5.69. The number of carbonyl (C=O) groups excluding carboxylic acids is 1. The lowest BCUT2D eigenvalue weighted by Gasteiger charge is -2.19. The smallest absolute Gasteiger partial charge is 0.411 e. The number of hydrogen-bond donors (Lipinski definition) is 0. The van der Waals surface area contributed by atoms with Crippen LogP contribution in [0.15, 0.2) is 30.3 Å². The molecule has 0 spiro atoms. The van der Waals surface area contributed by atoms with Gasteiger partial charge in [-0.15, -0.1) is 6.42 Å². The fraction of sp³-hybridized carbons (Fsp3) is 0.357. The average Bonchev–Trinajstić information content (AvgIpc) is 2.72. The summed E-state index contributed by atoms with van der Waals surface area (Å²) in [4.78, 5) is 12.7. The van der Waals surface area contributed by atoms with E-state index in [4.69, 9.17) is 11.2 Å². The van der Waals surface area contributed by atoms with Crippen LogP contribution in [0.1, 0.15) is 12.0 Å². The maximum Gasteiger partial charge on any atom is 0.411 e. The number of rotatable bonds is 2. The second-order valence-corrected chi connectivity index (χ2v) is 4.41. The van der Waals surface area contributed by atoms with Gasteiger partial charge in [0.25, 0.3) is 5.92 Å². The van der Waals surface area contributed by atoms with Gasteiger partial charge >= 0.3 is 6.09 Å². The molecule has 1 aromatic carbocycles. The average molecular weight is 265 g/mol. The highest BCUT2D eigenvalue weighted by Crippen LogP contribution is 2.32. The monoisotopic (exact) mass is 265 g/mol. The number of carbonyl (C=O) groups is 1. The third kappa shape index (κ3) is 3.22. The summed E-state index contributed by atoms with van der Waals surface area (Å²) in [6.45, 7) is -0.644. The van der Waals surface area contributed by atoms with Crippen LogP contribution in [0.2, 0.25) is 0 Å². The lowest BCUT2D eigenvalue weighted by Crippen LogP contribution is -2.36. The van der Waals surface area contributed by atoms with Crippen molar-refractivity contribution in [3.63, 3.8) is 0 Å². The summed E-state index contributed by atoms with van der Waals surface area (Å²) in [5.74, 6) is -0.748. The Hall–Kier alpha value is -2.09. The molecule has 0 N–H and O–H groups in total. The van der Waals surface area contributed by atoms with Crippen molar-refractivity contribution in [3.05, 3.63) is 35.9 Å². The Bertz CT molecular complexity index is 496. The number of hydrogen-bond acceptors (Lipinski definition) is 2. The van der Waals surface area contributed by atoms with E-state index < -0.39 is 31.0 Å². The number of alkyl halides is 2. The topological polar surface area (TPSA) is 29.5 Å². The SMILES string of the molecule is C#C[C@@H]1CC(F)(F)CN1C(=O)OCc1ccccc1. The lowest BCUT2D eigenvalue weighted by atomic mass is 10.2. The van der Waals surface area contributed by atoms with Gasteiger partial charge in [-0.3, -0.25) is 4.90 Å². The van der Waals surface area contributed by atoms with E-state index in [0.717, 1.165) is 10.5 Å². The molecule has 1 amide bonds. The molecule has 0 radical (unpaired) electrons. The van der Waals surface area contributed by atoms with Crippen molar-refractivity contribution in [2.45, 2.75) is 25.0 Å². The number of terminal acetylenes is 1. The minimum Gasteiger partial charge on any atom is -0.445 e. The van der Waals surface area contributed by atoms with E-state index in [9.17, 15) is 13.6 Å². The van der Waals surface area contributed by atoms with Gasteiger partial charge in [-0.2, -0.15) is 0 Å². The van der Waals surface area contributed by atoms with Crippen LogP contribution in [0.25, 0.3) is 0 Å². The van der Waals surface area contributed by atoms with Gasteiger partial charge in [0.2, 0.25) is 0 Å². The van der Waals surface area contributed by atoms with Crippen LogP contribution in [0.4, 0.5) is 13.6 Å². The van der Waals surface area contributed by atoms with E-state index in [1.165, 1.54) is 0 Å². The van der Waals surface area contributed by atoms with Crippen LogP contribution in [0.3, 0.4) is 0 Å². The second-order valence-electron chi connectivity index (χ2n) is 4.41. The van der Waals surface area contributed by atoms with Gasteiger partial charge < -0.3 is 4.74 Å². The molecule has 1 fully saturated rings. The van der Waals surface area contributed by atoms with Gasteiger partial charge in [0.1, 0.15) is 12.6 Å². The van der Waals surface area contributed by atoms with Crippen LogP contribution in [0.5, 0.6) is 0 Å².